The number of nitrogens with zero attached hydrogens (tertiary/aromatic N) is 2. The van der Waals surface area contributed by atoms with Gasteiger partial charge in [0.25, 0.3) is 0 Å². The van der Waals surface area contributed by atoms with Gasteiger partial charge in [-0.15, -0.1) is 0 Å². The lowest BCUT2D eigenvalue weighted by Crippen LogP contribution is -2.42. The van der Waals surface area contributed by atoms with Crippen LogP contribution in [0.3, 0.4) is 0 Å². The van der Waals surface area contributed by atoms with E-state index in [4.69, 9.17) is 0 Å². The van der Waals surface area contributed by atoms with E-state index in [1.807, 2.05) is 0 Å². The minimum absolute atomic E-state index is 0.242. The SMILES string of the molecule is CCN(CCCNC(C)(C)C)C(C)CN(C)C. The van der Waals surface area contributed by atoms with Crippen molar-refractivity contribution in [2.75, 3.05) is 40.3 Å². The Morgan fingerprint density at radius 3 is 2.18 bits per heavy atom. The molecule has 0 saturated heterocycles. The van der Waals surface area contributed by atoms with E-state index in [0.29, 0.717) is 6.04 Å². The summed E-state index contributed by atoms with van der Waals surface area (Å²) in [6, 6.07) is 0.643. The molecule has 1 unspecified atom stereocenters. The Bertz CT molecular complexity index is 184. The summed E-state index contributed by atoms with van der Waals surface area (Å²) in [5.74, 6) is 0. The minimum Gasteiger partial charge on any atom is -0.312 e. The van der Waals surface area contributed by atoms with E-state index in [1.54, 1.807) is 0 Å². The molecule has 0 fully saturated rings. The molecule has 0 aliphatic carbocycles. The molecule has 0 radical (unpaired) electrons. The van der Waals surface area contributed by atoms with E-state index >= 15 is 0 Å². The molecule has 0 rings (SSSR count). The second kappa shape index (κ2) is 8.06. The Hall–Kier alpha value is -0.120. The molecular weight excluding hydrogens is 210 g/mol. The smallest absolute Gasteiger partial charge is 0.0194 e. The third-order valence-corrected chi connectivity index (χ3v) is 2.94. The van der Waals surface area contributed by atoms with Gasteiger partial charge in [-0.3, -0.25) is 4.90 Å². The van der Waals surface area contributed by atoms with Gasteiger partial charge in [0.15, 0.2) is 0 Å². The summed E-state index contributed by atoms with van der Waals surface area (Å²) in [4.78, 5) is 4.82. The maximum atomic E-state index is 3.54. The van der Waals surface area contributed by atoms with Crippen molar-refractivity contribution in [1.29, 1.82) is 0 Å². The zero-order valence-electron chi connectivity index (χ0n) is 13.0. The molecule has 3 nitrogen and oxygen atoms in total. The summed E-state index contributed by atoms with van der Waals surface area (Å²) < 4.78 is 0. The highest BCUT2D eigenvalue weighted by Gasteiger charge is 2.13. The standard InChI is InChI=1S/C14H33N3/c1-8-17(13(2)12-16(6)7)11-9-10-15-14(3,4)5/h13,15H,8-12H2,1-7H3. The molecule has 104 valence electrons. The zero-order chi connectivity index (χ0) is 13.5. The number of nitrogens with one attached hydrogen (secondary N) is 1. The summed E-state index contributed by atoms with van der Waals surface area (Å²) in [6.07, 6.45) is 1.23. The van der Waals surface area contributed by atoms with Crippen LogP contribution in [0.4, 0.5) is 0 Å². The molecular formula is C14H33N3. The molecule has 0 saturated carbocycles. The minimum atomic E-state index is 0.242. The van der Waals surface area contributed by atoms with Crippen LogP contribution >= 0.6 is 0 Å². The molecule has 1 atom stereocenters. The van der Waals surface area contributed by atoms with Gasteiger partial charge in [-0.1, -0.05) is 6.92 Å². The number of hydrogen-bond acceptors (Lipinski definition) is 3. The largest absolute Gasteiger partial charge is 0.312 e. The van der Waals surface area contributed by atoms with Crippen LogP contribution in [0.15, 0.2) is 0 Å². The average Bonchev–Trinajstić information content (AvgIpc) is 2.14. The molecule has 0 aliphatic heterocycles. The van der Waals surface area contributed by atoms with Crippen LogP contribution in [-0.4, -0.2) is 61.7 Å². The third kappa shape index (κ3) is 9.57. The first-order valence-electron chi connectivity index (χ1n) is 6.90. The van der Waals surface area contributed by atoms with E-state index in [0.717, 1.165) is 19.6 Å². The van der Waals surface area contributed by atoms with E-state index in [9.17, 15) is 0 Å². The highest BCUT2D eigenvalue weighted by Crippen LogP contribution is 2.03. The summed E-state index contributed by atoms with van der Waals surface area (Å²) in [7, 11) is 4.29. The molecule has 0 aromatic rings. The van der Waals surface area contributed by atoms with Gasteiger partial charge in [-0.2, -0.15) is 0 Å². The molecule has 3 heteroatoms. The van der Waals surface area contributed by atoms with E-state index < -0.39 is 0 Å². The second-order valence-corrected chi connectivity index (χ2v) is 6.27. The quantitative estimate of drug-likeness (QED) is 0.658. The van der Waals surface area contributed by atoms with E-state index in [1.165, 1.54) is 13.0 Å². The van der Waals surface area contributed by atoms with Crippen LogP contribution in [0.2, 0.25) is 0 Å². The Kier molecular flexibility index (Phi) is 8.01. The van der Waals surface area contributed by atoms with Crippen molar-refractivity contribution in [1.82, 2.24) is 15.1 Å². The average molecular weight is 243 g/mol. The highest BCUT2D eigenvalue weighted by molar-refractivity contribution is 4.72. The highest BCUT2D eigenvalue weighted by atomic mass is 15.2. The van der Waals surface area contributed by atoms with Crippen molar-refractivity contribution >= 4 is 0 Å². The predicted molar refractivity (Wildman–Crippen MR) is 77.6 cm³/mol. The molecule has 0 amide bonds. The monoisotopic (exact) mass is 243 g/mol. The fourth-order valence-electron chi connectivity index (χ4n) is 2.08. The van der Waals surface area contributed by atoms with Gasteiger partial charge in [-0.25, -0.2) is 0 Å². The lowest BCUT2D eigenvalue weighted by atomic mass is 10.1. The lowest BCUT2D eigenvalue weighted by molar-refractivity contribution is 0.178. The van der Waals surface area contributed by atoms with Crippen LogP contribution in [0, 0.1) is 0 Å². The van der Waals surface area contributed by atoms with Crippen LogP contribution in [-0.2, 0) is 0 Å². The normalized spacial score (nSPS) is 14.6. The molecule has 1 N–H and O–H groups in total. The van der Waals surface area contributed by atoms with E-state index in [2.05, 4.69) is 63.8 Å². The Balaban J connectivity index is 3.82. The molecule has 0 aromatic heterocycles. The van der Waals surface area contributed by atoms with Gasteiger partial charge in [-0.05, 0) is 67.8 Å². The van der Waals surface area contributed by atoms with Crippen molar-refractivity contribution in [3.05, 3.63) is 0 Å². The van der Waals surface area contributed by atoms with Crippen molar-refractivity contribution < 1.29 is 0 Å². The molecule has 0 bridgehead atoms. The molecule has 0 heterocycles. The lowest BCUT2D eigenvalue weighted by Gasteiger charge is -2.30. The first-order valence-corrected chi connectivity index (χ1v) is 6.90. The van der Waals surface area contributed by atoms with Crippen molar-refractivity contribution in [3.63, 3.8) is 0 Å². The maximum Gasteiger partial charge on any atom is 0.0194 e. The molecule has 0 aliphatic rings. The van der Waals surface area contributed by atoms with Crippen LogP contribution in [0.1, 0.15) is 41.0 Å². The Labute approximate surface area is 109 Å². The van der Waals surface area contributed by atoms with Crippen LogP contribution in [0.25, 0.3) is 0 Å². The fraction of sp³-hybridized carbons (Fsp3) is 1.00. The molecule has 17 heavy (non-hydrogen) atoms. The van der Waals surface area contributed by atoms with Gasteiger partial charge in [0.2, 0.25) is 0 Å². The maximum absolute atomic E-state index is 3.54. The molecule has 0 aromatic carbocycles. The topological polar surface area (TPSA) is 18.5 Å². The van der Waals surface area contributed by atoms with Crippen molar-refractivity contribution in [3.8, 4) is 0 Å². The fourth-order valence-corrected chi connectivity index (χ4v) is 2.08. The van der Waals surface area contributed by atoms with Gasteiger partial charge in [0, 0.05) is 18.1 Å². The van der Waals surface area contributed by atoms with Crippen molar-refractivity contribution in [2.45, 2.75) is 52.6 Å². The summed E-state index contributed by atoms with van der Waals surface area (Å²) in [5.41, 5.74) is 0.242. The third-order valence-electron chi connectivity index (χ3n) is 2.94. The predicted octanol–water partition coefficient (Wildman–Crippen LogP) is 2.04. The number of rotatable bonds is 8. The van der Waals surface area contributed by atoms with Gasteiger partial charge >= 0.3 is 0 Å². The van der Waals surface area contributed by atoms with Gasteiger partial charge < -0.3 is 10.2 Å². The van der Waals surface area contributed by atoms with Gasteiger partial charge in [0.1, 0.15) is 0 Å². The number of likely N-dealkylation sites (N-methyl/N-ethyl adjacent to an activating group) is 2. The summed E-state index contributed by atoms with van der Waals surface area (Å²) in [5, 5.41) is 3.54. The zero-order valence-corrected chi connectivity index (χ0v) is 13.0. The summed E-state index contributed by atoms with van der Waals surface area (Å²) in [6.45, 7) is 15.8. The summed E-state index contributed by atoms with van der Waals surface area (Å²) >= 11 is 0. The Morgan fingerprint density at radius 2 is 1.76 bits per heavy atom. The first-order chi connectivity index (χ1) is 7.76. The van der Waals surface area contributed by atoms with Crippen LogP contribution < -0.4 is 5.32 Å². The Morgan fingerprint density at radius 1 is 1.18 bits per heavy atom. The number of hydrogen-bond donors (Lipinski definition) is 1. The molecule has 0 spiro atoms. The van der Waals surface area contributed by atoms with Crippen LogP contribution in [0.5, 0.6) is 0 Å². The van der Waals surface area contributed by atoms with E-state index in [-0.39, 0.29) is 5.54 Å². The van der Waals surface area contributed by atoms with Gasteiger partial charge in [0.05, 0.1) is 0 Å². The second-order valence-electron chi connectivity index (χ2n) is 6.27. The first kappa shape index (κ1) is 16.9. The van der Waals surface area contributed by atoms with Crippen molar-refractivity contribution in [2.24, 2.45) is 0 Å².